The Kier molecular flexibility index (Phi) is 2.15. The molecule has 0 aliphatic carbocycles. The van der Waals surface area contributed by atoms with Crippen molar-refractivity contribution in [3.63, 3.8) is 0 Å². The molecule has 1 N–H and O–H groups in total. The monoisotopic (exact) mass is 291 g/mol. The molecule has 13 heavy (non-hydrogen) atoms. The number of aromatic nitrogens is 1. The first-order valence-electron chi connectivity index (χ1n) is 3.73. The number of hydrogen-bond donors (Lipinski definition) is 1. The van der Waals surface area contributed by atoms with E-state index in [2.05, 4.69) is 27.6 Å². The maximum absolute atomic E-state index is 13.5. The lowest BCUT2D eigenvalue weighted by molar-refractivity contribution is 0.388. The highest BCUT2D eigenvalue weighted by Gasteiger charge is 2.10. The van der Waals surface area contributed by atoms with E-state index in [1.807, 2.05) is 6.07 Å². The highest BCUT2D eigenvalue weighted by atomic mass is 127. The van der Waals surface area contributed by atoms with Crippen LogP contribution in [0.4, 0.5) is 4.39 Å². The van der Waals surface area contributed by atoms with Gasteiger partial charge in [-0.1, -0.05) is 0 Å². The van der Waals surface area contributed by atoms with E-state index < -0.39 is 0 Å². The van der Waals surface area contributed by atoms with Crippen LogP contribution in [0.2, 0.25) is 0 Å². The fourth-order valence-corrected chi connectivity index (χ4v) is 1.87. The van der Waals surface area contributed by atoms with Gasteiger partial charge in [0.2, 0.25) is 0 Å². The standard InChI is InChI=1S/C9H7FINO/c1-13-7-3-2-5-6(11)4-12-9(5)8(7)10/h2-4,12H,1H3. The third-order valence-electron chi connectivity index (χ3n) is 1.93. The van der Waals surface area contributed by atoms with Crippen LogP contribution in [0.5, 0.6) is 5.75 Å². The summed E-state index contributed by atoms with van der Waals surface area (Å²) in [6.07, 6.45) is 1.77. The molecule has 0 fully saturated rings. The van der Waals surface area contributed by atoms with Gasteiger partial charge in [0.15, 0.2) is 11.6 Å². The Hall–Kier alpha value is -0.780. The van der Waals surface area contributed by atoms with Gasteiger partial charge in [0, 0.05) is 15.2 Å². The van der Waals surface area contributed by atoms with Gasteiger partial charge in [0.25, 0.3) is 0 Å². The molecule has 68 valence electrons. The number of ether oxygens (including phenoxy) is 1. The van der Waals surface area contributed by atoms with Crippen molar-refractivity contribution >= 4 is 33.5 Å². The van der Waals surface area contributed by atoms with Crippen molar-refractivity contribution in [2.45, 2.75) is 0 Å². The van der Waals surface area contributed by atoms with Gasteiger partial charge in [-0.05, 0) is 34.7 Å². The van der Waals surface area contributed by atoms with Gasteiger partial charge in [-0.2, -0.15) is 0 Å². The van der Waals surface area contributed by atoms with Crippen LogP contribution in [-0.2, 0) is 0 Å². The third kappa shape index (κ3) is 1.29. The molecule has 0 spiro atoms. The normalized spacial score (nSPS) is 10.7. The van der Waals surface area contributed by atoms with Gasteiger partial charge >= 0.3 is 0 Å². The van der Waals surface area contributed by atoms with Crippen LogP contribution < -0.4 is 4.74 Å². The van der Waals surface area contributed by atoms with E-state index in [0.29, 0.717) is 5.52 Å². The lowest BCUT2D eigenvalue weighted by Crippen LogP contribution is -1.88. The summed E-state index contributed by atoms with van der Waals surface area (Å²) >= 11 is 2.16. The van der Waals surface area contributed by atoms with E-state index >= 15 is 0 Å². The number of nitrogens with one attached hydrogen (secondary N) is 1. The molecule has 0 saturated carbocycles. The molecule has 0 aliphatic heterocycles. The smallest absolute Gasteiger partial charge is 0.189 e. The molecule has 1 aromatic carbocycles. The Bertz CT molecular complexity index is 452. The third-order valence-corrected chi connectivity index (χ3v) is 2.82. The summed E-state index contributed by atoms with van der Waals surface area (Å²) in [5, 5.41) is 0.888. The summed E-state index contributed by atoms with van der Waals surface area (Å²) in [5.74, 6) is -0.0614. The number of H-pyrrole nitrogens is 1. The van der Waals surface area contributed by atoms with Crippen LogP contribution in [-0.4, -0.2) is 12.1 Å². The molecule has 0 bridgehead atoms. The van der Waals surface area contributed by atoms with Gasteiger partial charge in [0.05, 0.1) is 12.6 Å². The van der Waals surface area contributed by atoms with Crippen LogP contribution in [0.25, 0.3) is 10.9 Å². The lowest BCUT2D eigenvalue weighted by atomic mass is 10.2. The van der Waals surface area contributed by atoms with Gasteiger partial charge in [-0.25, -0.2) is 4.39 Å². The number of benzene rings is 1. The van der Waals surface area contributed by atoms with Gasteiger partial charge in [-0.15, -0.1) is 0 Å². The first-order chi connectivity index (χ1) is 6.24. The van der Waals surface area contributed by atoms with Gasteiger partial charge < -0.3 is 9.72 Å². The highest BCUT2D eigenvalue weighted by Crippen LogP contribution is 2.28. The molecule has 2 aromatic rings. The fraction of sp³-hybridized carbons (Fsp3) is 0.111. The summed E-state index contributed by atoms with van der Waals surface area (Å²) in [7, 11) is 1.46. The molecule has 1 aromatic heterocycles. The number of rotatable bonds is 1. The zero-order valence-corrected chi connectivity index (χ0v) is 9.05. The minimum atomic E-state index is -0.331. The van der Waals surface area contributed by atoms with Crippen molar-refractivity contribution in [3.8, 4) is 5.75 Å². The van der Waals surface area contributed by atoms with E-state index in [0.717, 1.165) is 8.96 Å². The van der Waals surface area contributed by atoms with Crippen LogP contribution in [0.15, 0.2) is 18.3 Å². The van der Waals surface area contributed by atoms with Crippen molar-refractivity contribution in [2.24, 2.45) is 0 Å². The fourth-order valence-electron chi connectivity index (χ4n) is 1.27. The van der Waals surface area contributed by atoms with Crippen LogP contribution >= 0.6 is 22.6 Å². The Labute approximate surface area is 88.2 Å². The molecule has 2 nitrogen and oxygen atoms in total. The highest BCUT2D eigenvalue weighted by molar-refractivity contribution is 14.1. The summed E-state index contributed by atoms with van der Waals surface area (Å²) in [4.78, 5) is 2.87. The van der Waals surface area contributed by atoms with Crippen molar-refractivity contribution in [1.29, 1.82) is 0 Å². The predicted molar refractivity (Wildman–Crippen MR) is 57.5 cm³/mol. The molecule has 0 aliphatic rings. The minimum Gasteiger partial charge on any atom is -0.494 e. The Morgan fingerprint density at radius 2 is 2.23 bits per heavy atom. The maximum Gasteiger partial charge on any atom is 0.189 e. The van der Waals surface area contributed by atoms with E-state index in [1.54, 1.807) is 12.3 Å². The lowest BCUT2D eigenvalue weighted by Gasteiger charge is -2.01. The summed E-state index contributed by atoms with van der Waals surface area (Å²) < 4.78 is 19.4. The van der Waals surface area contributed by atoms with Gasteiger partial charge in [0.1, 0.15) is 0 Å². The maximum atomic E-state index is 13.5. The van der Waals surface area contributed by atoms with E-state index in [4.69, 9.17) is 4.74 Å². The second-order valence-corrected chi connectivity index (χ2v) is 3.80. The number of hydrogen-bond acceptors (Lipinski definition) is 1. The Morgan fingerprint density at radius 3 is 2.92 bits per heavy atom. The minimum absolute atomic E-state index is 0.269. The molecule has 0 unspecified atom stereocenters. The molecule has 2 rings (SSSR count). The largest absolute Gasteiger partial charge is 0.494 e. The van der Waals surface area contributed by atoms with Crippen LogP contribution in [0.3, 0.4) is 0 Å². The average Bonchev–Trinajstić information content (AvgIpc) is 2.50. The van der Waals surface area contributed by atoms with Crippen molar-refractivity contribution in [1.82, 2.24) is 4.98 Å². The summed E-state index contributed by atoms with van der Waals surface area (Å²) in [6.45, 7) is 0. The van der Waals surface area contributed by atoms with Crippen molar-refractivity contribution in [2.75, 3.05) is 7.11 Å². The summed E-state index contributed by atoms with van der Waals surface area (Å²) in [5.41, 5.74) is 0.503. The topological polar surface area (TPSA) is 25.0 Å². The number of fused-ring (bicyclic) bond motifs is 1. The average molecular weight is 291 g/mol. The first kappa shape index (κ1) is 8.80. The number of methoxy groups -OCH3 is 1. The van der Waals surface area contributed by atoms with Crippen molar-refractivity contribution in [3.05, 3.63) is 27.7 Å². The van der Waals surface area contributed by atoms with E-state index in [1.165, 1.54) is 7.11 Å². The molecule has 0 atom stereocenters. The molecule has 0 saturated heterocycles. The van der Waals surface area contributed by atoms with Gasteiger partial charge in [-0.3, -0.25) is 0 Å². The Morgan fingerprint density at radius 1 is 1.46 bits per heavy atom. The Balaban J connectivity index is 2.80. The van der Waals surface area contributed by atoms with E-state index in [-0.39, 0.29) is 11.6 Å². The van der Waals surface area contributed by atoms with Crippen molar-refractivity contribution < 1.29 is 9.13 Å². The molecule has 0 radical (unpaired) electrons. The van der Waals surface area contributed by atoms with Crippen LogP contribution in [0, 0.1) is 9.39 Å². The molecule has 1 heterocycles. The van der Waals surface area contributed by atoms with Crippen LogP contribution in [0.1, 0.15) is 0 Å². The summed E-state index contributed by atoms with van der Waals surface area (Å²) in [6, 6.07) is 3.48. The quantitative estimate of drug-likeness (QED) is 0.803. The molecular formula is C9H7FINO. The molecule has 4 heteroatoms. The molecular weight excluding hydrogens is 284 g/mol. The van der Waals surface area contributed by atoms with E-state index in [9.17, 15) is 4.39 Å². The first-order valence-corrected chi connectivity index (χ1v) is 4.81. The predicted octanol–water partition coefficient (Wildman–Crippen LogP) is 2.92. The molecule has 0 amide bonds. The second kappa shape index (κ2) is 3.17. The SMILES string of the molecule is COc1ccc2c(I)c[nH]c2c1F. The second-order valence-electron chi connectivity index (χ2n) is 2.64. The zero-order valence-electron chi connectivity index (χ0n) is 6.90. The number of halogens is 2. The number of aromatic amines is 1. The zero-order chi connectivity index (χ0) is 9.42.